The topological polar surface area (TPSA) is 18.5 Å². The van der Waals surface area contributed by atoms with Crippen LogP contribution >= 0.6 is 0 Å². The Balaban J connectivity index is 1.91. The molecule has 1 spiro atoms. The van der Waals surface area contributed by atoms with E-state index in [4.69, 9.17) is 9.47 Å². The summed E-state index contributed by atoms with van der Waals surface area (Å²) in [6.45, 7) is 8.59. The molecule has 3 aliphatic rings. The third-order valence-electron chi connectivity index (χ3n) is 5.67. The van der Waals surface area contributed by atoms with Gasteiger partial charge in [-0.2, -0.15) is 0 Å². The normalized spacial score (nSPS) is 35.0. The lowest BCUT2D eigenvalue weighted by atomic mass is 9.47. The van der Waals surface area contributed by atoms with Gasteiger partial charge in [0.15, 0.2) is 5.79 Å². The first-order valence-corrected chi connectivity index (χ1v) is 7.39. The van der Waals surface area contributed by atoms with E-state index in [1.807, 2.05) is 0 Å². The van der Waals surface area contributed by atoms with Crippen molar-refractivity contribution in [2.24, 2.45) is 5.41 Å². The van der Waals surface area contributed by atoms with Crippen LogP contribution in [0.3, 0.4) is 0 Å². The molecular weight excluding hydrogens is 236 g/mol. The van der Waals surface area contributed by atoms with Crippen LogP contribution in [0.15, 0.2) is 24.3 Å². The van der Waals surface area contributed by atoms with Crippen molar-refractivity contribution in [1.82, 2.24) is 0 Å². The van der Waals surface area contributed by atoms with Crippen LogP contribution in [0.5, 0.6) is 0 Å². The van der Waals surface area contributed by atoms with E-state index < -0.39 is 0 Å². The third-order valence-corrected chi connectivity index (χ3v) is 5.67. The molecule has 4 rings (SSSR count). The van der Waals surface area contributed by atoms with Crippen molar-refractivity contribution in [3.8, 4) is 0 Å². The van der Waals surface area contributed by atoms with Gasteiger partial charge in [-0.3, -0.25) is 0 Å². The highest BCUT2D eigenvalue weighted by Gasteiger charge is 2.70. The average molecular weight is 258 g/mol. The number of ether oxygens (including phenoxy) is 2. The fraction of sp³-hybridized carbons (Fsp3) is 0.647. The maximum atomic E-state index is 6.09. The van der Waals surface area contributed by atoms with Crippen LogP contribution in [0.25, 0.3) is 0 Å². The van der Waals surface area contributed by atoms with Gasteiger partial charge in [0.05, 0.1) is 13.2 Å². The molecule has 0 radical (unpaired) electrons. The van der Waals surface area contributed by atoms with E-state index in [0.717, 1.165) is 19.6 Å². The quantitative estimate of drug-likeness (QED) is 0.708. The smallest absolute Gasteiger partial charge is 0.176 e. The SMILES string of the molecule is CC(C)(C)C12CCC3(OCCO3)C1c1ccccc12. The van der Waals surface area contributed by atoms with Crippen LogP contribution in [0.2, 0.25) is 0 Å². The Labute approximate surface area is 115 Å². The van der Waals surface area contributed by atoms with E-state index in [1.54, 1.807) is 0 Å². The van der Waals surface area contributed by atoms with Crippen molar-refractivity contribution in [3.63, 3.8) is 0 Å². The summed E-state index contributed by atoms with van der Waals surface area (Å²) in [6.07, 6.45) is 2.21. The van der Waals surface area contributed by atoms with Crippen molar-refractivity contribution in [2.45, 2.75) is 50.7 Å². The second-order valence-corrected chi connectivity index (χ2v) is 7.25. The Morgan fingerprint density at radius 3 is 2.42 bits per heavy atom. The summed E-state index contributed by atoms with van der Waals surface area (Å²) in [5, 5.41) is 0. The molecule has 2 unspecified atom stereocenters. The van der Waals surface area contributed by atoms with E-state index >= 15 is 0 Å². The Bertz CT molecular complexity index is 522. The predicted molar refractivity (Wildman–Crippen MR) is 74.2 cm³/mol. The summed E-state index contributed by atoms with van der Waals surface area (Å²) in [6, 6.07) is 8.89. The van der Waals surface area contributed by atoms with Gasteiger partial charge in [-0.05, 0) is 23.0 Å². The lowest BCUT2D eigenvalue weighted by Gasteiger charge is -2.57. The molecule has 0 aromatic heterocycles. The Morgan fingerprint density at radius 2 is 1.74 bits per heavy atom. The fourth-order valence-electron chi connectivity index (χ4n) is 4.90. The van der Waals surface area contributed by atoms with Gasteiger partial charge in [-0.1, -0.05) is 45.0 Å². The summed E-state index contributed by atoms with van der Waals surface area (Å²) in [4.78, 5) is 0. The lowest BCUT2D eigenvalue weighted by Crippen LogP contribution is -2.55. The van der Waals surface area contributed by atoms with Gasteiger partial charge in [0.25, 0.3) is 0 Å². The van der Waals surface area contributed by atoms with Crippen molar-refractivity contribution < 1.29 is 9.47 Å². The zero-order valence-corrected chi connectivity index (χ0v) is 12.0. The lowest BCUT2D eigenvalue weighted by molar-refractivity contribution is -0.177. The van der Waals surface area contributed by atoms with Gasteiger partial charge in [-0.25, -0.2) is 0 Å². The van der Waals surface area contributed by atoms with Gasteiger partial charge in [-0.15, -0.1) is 0 Å². The number of benzene rings is 1. The van der Waals surface area contributed by atoms with Crippen molar-refractivity contribution in [1.29, 1.82) is 0 Å². The molecule has 1 aromatic carbocycles. The maximum absolute atomic E-state index is 6.09. The van der Waals surface area contributed by atoms with Crippen molar-refractivity contribution in [2.75, 3.05) is 13.2 Å². The molecule has 1 aliphatic heterocycles. The maximum Gasteiger partial charge on any atom is 0.176 e. The summed E-state index contributed by atoms with van der Waals surface area (Å²) in [5.74, 6) is 0.0837. The Kier molecular flexibility index (Phi) is 2.15. The van der Waals surface area contributed by atoms with Crippen molar-refractivity contribution >= 4 is 0 Å². The minimum atomic E-state index is -0.332. The highest BCUT2D eigenvalue weighted by atomic mass is 16.7. The van der Waals surface area contributed by atoms with E-state index in [1.165, 1.54) is 17.5 Å². The van der Waals surface area contributed by atoms with Gasteiger partial charge in [0.2, 0.25) is 0 Å². The second kappa shape index (κ2) is 3.42. The molecule has 2 fully saturated rings. The third kappa shape index (κ3) is 1.20. The highest BCUT2D eigenvalue weighted by molar-refractivity contribution is 5.55. The number of hydrogen-bond donors (Lipinski definition) is 0. The predicted octanol–water partition coefficient (Wildman–Crippen LogP) is 3.60. The zero-order chi connectivity index (χ0) is 13.3. The molecule has 1 saturated heterocycles. The minimum Gasteiger partial charge on any atom is -0.347 e. The second-order valence-electron chi connectivity index (χ2n) is 7.25. The molecule has 2 nitrogen and oxygen atoms in total. The van der Waals surface area contributed by atoms with Gasteiger partial charge in [0.1, 0.15) is 0 Å². The zero-order valence-electron chi connectivity index (χ0n) is 12.0. The van der Waals surface area contributed by atoms with Gasteiger partial charge < -0.3 is 9.47 Å². The Hall–Kier alpha value is -0.860. The van der Waals surface area contributed by atoms with Crippen LogP contribution in [0, 0.1) is 5.41 Å². The highest BCUT2D eigenvalue weighted by Crippen LogP contribution is 2.72. The first kappa shape index (κ1) is 11.9. The first-order valence-electron chi connectivity index (χ1n) is 7.39. The molecule has 0 N–H and O–H groups in total. The molecular formula is C17H22O2. The molecule has 2 heteroatoms. The monoisotopic (exact) mass is 258 g/mol. The van der Waals surface area contributed by atoms with Gasteiger partial charge >= 0.3 is 0 Å². The van der Waals surface area contributed by atoms with Crippen LogP contribution in [0.1, 0.15) is 50.7 Å². The average Bonchev–Trinajstić information content (AvgIpc) is 2.89. The number of hydrogen-bond acceptors (Lipinski definition) is 2. The first-order chi connectivity index (χ1) is 9.01. The molecule has 1 heterocycles. The van der Waals surface area contributed by atoms with Crippen LogP contribution in [-0.2, 0) is 14.9 Å². The van der Waals surface area contributed by atoms with E-state index in [2.05, 4.69) is 45.0 Å². The Morgan fingerprint density at radius 1 is 1.05 bits per heavy atom. The number of fused-ring (bicyclic) bond motifs is 5. The van der Waals surface area contributed by atoms with Crippen LogP contribution < -0.4 is 0 Å². The van der Waals surface area contributed by atoms with E-state index in [-0.39, 0.29) is 16.6 Å². The largest absolute Gasteiger partial charge is 0.347 e. The van der Waals surface area contributed by atoms with Crippen molar-refractivity contribution in [3.05, 3.63) is 35.4 Å². The summed E-state index contributed by atoms with van der Waals surface area (Å²) in [7, 11) is 0. The molecule has 102 valence electrons. The van der Waals surface area contributed by atoms with Crippen LogP contribution in [-0.4, -0.2) is 19.0 Å². The minimum absolute atomic E-state index is 0.230. The van der Waals surface area contributed by atoms with E-state index in [9.17, 15) is 0 Å². The summed E-state index contributed by atoms with van der Waals surface area (Å²) >= 11 is 0. The molecule has 19 heavy (non-hydrogen) atoms. The number of rotatable bonds is 0. The molecule has 0 bridgehead atoms. The standard InChI is InChI=1S/C17H22O2/c1-15(2,3)16-8-9-17(18-10-11-19-17)14(16)12-6-4-5-7-13(12)16/h4-7,14H,8-11H2,1-3H3. The van der Waals surface area contributed by atoms with Crippen LogP contribution in [0.4, 0.5) is 0 Å². The van der Waals surface area contributed by atoms with E-state index in [0.29, 0.717) is 5.92 Å². The molecule has 1 aromatic rings. The fourth-order valence-corrected chi connectivity index (χ4v) is 4.90. The molecule has 2 atom stereocenters. The summed E-state index contributed by atoms with van der Waals surface area (Å²) in [5.41, 5.74) is 3.46. The van der Waals surface area contributed by atoms with Gasteiger partial charge in [0, 0.05) is 17.8 Å². The summed E-state index contributed by atoms with van der Waals surface area (Å²) < 4.78 is 12.2. The molecule has 0 amide bonds. The molecule has 1 saturated carbocycles. The molecule has 2 aliphatic carbocycles.